The number of urea groups is 1. The monoisotopic (exact) mass is 199 g/mol. The molecule has 0 atom stereocenters. The Morgan fingerprint density at radius 1 is 1.43 bits per heavy atom. The summed E-state index contributed by atoms with van der Waals surface area (Å²) in [5, 5.41) is 0. The van der Waals surface area contributed by atoms with Crippen LogP contribution in [0.3, 0.4) is 0 Å². The van der Waals surface area contributed by atoms with Gasteiger partial charge in [0.15, 0.2) is 0 Å². The highest BCUT2D eigenvalue weighted by molar-refractivity contribution is 5.73. The quantitative estimate of drug-likeness (QED) is 0.402. The number of hydrogen-bond acceptors (Lipinski definition) is 2. The molecule has 1 rings (SSSR count). The van der Waals surface area contributed by atoms with Crippen molar-refractivity contribution in [2.45, 2.75) is 45.1 Å². The molecule has 2 amide bonds. The Balaban J connectivity index is 2.37. The molecule has 0 heterocycles. The normalized spacial score (nSPS) is 27.1. The van der Waals surface area contributed by atoms with Crippen molar-refractivity contribution < 1.29 is 4.79 Å². The summed E-state index contributed by atoms with van der Waals surface area (Å²) in [6, 6.07) is 0.200. The van der Waals surface area contributed by atoms with Crippen molar-refractivity contribution in [2.75, 3.05) is 7.05 Å². The van der Waals surface area contributed by atoms with Crippen LogP contribution in [0.4, 0.5) is 4.79 Å². The number of hydrazine groups is 1. The third kappa shape index (κ3) is 2.61. The molecule has 4 nitrogen and oxygen atoms in total. The highest BCUT2D eigenvalue weighted by Gasteiger charge is 2.25. The van der Waals surface area contributed by atoms with Crippen LogP contribution in [0.15, 0.2) is 0 Å². The van der Waals surface area contributed by atoms with Gasteiger partial charge in [0.25, 0.3) is 0 Å². The van der Waals surface area contributed by atoms with Gasteiger partial charge >= 0.3 is 6.03 Å². The summed E-state index contributed by atoms with van der Waals surface area (Å²) in [4.78, 5) is 13.0. The summed E-state index contributed by atoms with van der Waals surface area (Å²) in [6.07, 6.45) is 5.97. The van der Waals surface area contributed by atoms with Crippen LogP contribution in [0, 0.1) is 5.92 Å². The lowest BCUT2D eigenvalue weighted by Gasteiger charge is -2.33. The summed E-state index contributed by atoms with van der Waals surface area (Å²) >= 11 is 0. The van der Waals surface area contributed by atoms with Crippen LogP contribution in [0.25, 0.3) is 0 Å². The van der Waals surface area contributed by atoms with E-state index in [2.05, 4.69) is 12.3 Å². The molecule has 0 unspecified atom stereocenters. The van der Waals surface area contributed by atoms with Gasteiger partial charge in [0.1, 0.15) is 0 Å². The average molecular weight is 199 g/mol. The molecular formula is C10H21N3O. The lowest BCUT2D eigenvalue weighted by molar-refractivity contribution is 0.160. The van der Waals surface area contributed by atoms with Crippen LogP contribution in [-0.2, 0) is 0 Å². The second kappa shape index (κ2) is 5.20. The maximum Gasteiger partial charge on any atom is 0.331 e. The smallest absolute Gasteiger partial charge is 0.324 e. The van der Waals surface area contributed by atoms with E-state index in [-0.39, 0.29) is 6.03 Å². The topological polar surface area (TPSA) is 58.4 Å². The second-order valence-electron chi connectivity index (χ2n) is 4.14. The first-order valence-corrected chi connectivity index (χ1v) is 5.42. The van der Waals surface area contributed by atoms with E-state index in [0.29, 0.717) is 6.04 Å². The van der Waals surface area contributed by atoms with Gasteiger partial charge in [-0.05, 0) is 31.6 Å². The Morgan fingerprint density at radius 3 is 2.43 bits per heavy atom. The number of rotatable bonds is 2. The van der Waals surface area contributed by atoms with E-state index in [0.717, 1.165) is 18.8 Å². The SMILES string of the molecule is CCC1CCC(N(C)C(=O)NN)CC1. The van der Waals surface area contributed by atoms with Gasteiger partial charge < -0.3 is 4.90 Å². The van der Waals surface area contributed by atoms with Crippen molar-refractivity contribution in [1.29, 1.82) is 0 Å². The van der Waals surface area contributed by atoms with E-state index in [9.17, 15) is 4.79 Å². The van der Waals surface area contributed by atoms with Gasteiger partial charge in [0.05, 0.1) is 0 Å². The van der Waals surface area contributed by atoms with E-state index in [4.69, 9.17) is 5.84 Å². The second-order valence-corrected chi connectivity index (χ2v) is 4.14. The summed E-state index contributed by atoms with van der Waals surface area (Å²) < 4.78 is 0. The van der Waals surface area contributed by atoms with Gasteiger partial charge in [-0.1, -0.05) is 13.3 Å². The van der Waals surface area contributed by atoms with Gasteiger partial charge in [-0.3, -0.25) is 5.43 Å². The summed E-state index contributed by atoms with van der Waals surface area (Å²) in [7, 11) is 1.82. The first kappa shape index (κ1) is 11.3. The fourth-order valence-electron chi connectivity index (χ4n) is 2.21. The average Bonchev–Trinajstić information content (AvgIpc) is 2.27. The Hall–Kier alpha value is -0.770. The van der Waals surface area contributed by atoms with Gasteiger partial charge in [-0.15, -0.1) is 0 Å². The molecule has 82 valence electrons. The van der Waals surface area contributed by atoms with E-state index in [1.165, 1.54) is 19.3 Å². The van der Waals surface area contributed by atoms with Crippen LogP contribution in [-0.4, -0.2) is 24.0 Å². The molecule has 1 aliphatic carbocycles. The fraction of sp³-hybridized carbons (Fsp3) is 0.900. The number of nitrogens with zero attached hydrogens (tertiary/aromatic N) is 1. The minimum Gasteiger partial charge on any atom is -0.324 e. The number of hydrogen-bond donors (Lipinski definition) is 2. The predicted octanol–water partition coefficient (Wildman–Crippen LogP) is 1.47. The van der Waals surface area contributed by atoms with Gasteiger partial charge in [0.2, 0.25) is 0 Å². The van der Waals surface area contributed by atoms with E-state index < -0.39 is 0 Å². The van der Waals surface area contributed by atoms with Crippen LogP contribution < -0.4 is 11.3 Å². The highest BCUT2D eigenvalue weighted by Crippen LogP contribution is 2.28. The number of nitrogens with two attached hydrogens (primary N) is 1. The summed E-state index contributed by atoms with van der Waals surface area (Å²) in [5.74, 6) is 5.95. The lowest BCUT2D eigenvalue weighted by Crippen LogP contribution is -2.47. The van der Waals surface area contributed by atoms with Gasteiger partial charge in [0, 0.05) is 13.1 Å². The molecule has 0 bridgehead atoms. The standard InChI is InChI=1S/C10H21N3O/c1-3-8-4-6-9(7-5-8)13(2)10(14)12-11/h8-9H,3-7,11H2,1-2H3,(H,12,14). The molecule has 0 aromatic heterocycles. The van der Waals surface area contributed by atoms with Crippen LogP contribution in [0.5, 0.6) is 0 Å². The highest BCUT2D eigenvalue weighted by atomic mass is 16.2. The molecule has 0 spiro atoms. The minimum atomic E-state index is -0.176. The van der Waals surface area contributed by atoms with E-state index in [1.54, 1.807) is 4.90 Å². The molecule has 4 heteroatoms. The summed E-state index contributed by atoms with van der Waals surface area (Å²) in [6.45, 7) is 2.24. The van der Waals surface area contributed by atoms with E-state index >= 15 is 0 Å². The Labute approximate surface area is 85.8 Å². The molecule has 0 aliphatic heterocycles. The number of carbonyl (C=O) groups is 1. The molecule has 1 aliphatic rings. The van der Waals surface area contributed by atoms with Crippen LogP contribution in [0.1, 0.15) is 39.0 Å². The Kier molecular flexibility index (Phi) is 4.20. The van der Waals surface area contributed by atoms with Crippen molar-refractivity contribution in [3.05, 3.63) is 0 Å². The van der Waals surface area contributed by atoms with E-state index in [1.807, 2.05) is 7.05 Å². The number of carbonyl (C=O) groups excluding carboxylic acids is 1. The zero-order valence-electron chi connectivity index (χ0n) is 9.12. The first-order valence-electron chi connectivity index (χ1n) is 5.42. The molecular weight excluding hydrogens is 178 g/mol. The first-order chi connectivity index (χ1) is 6.69. The Morgan fingerprint density at radius 2 is 2.00 bits per heavy atom. The van der Waals surface area contributed by atoms with Crippen molar-refractivity contribution in [3.63, 3.8) is 0 Å². The lowest BCUT2D eigenvalue weighted by atomic mass is 9.84. The fourth-order valence-corrected chi connectivity index (χ4v) is 2.21. The molecule has 0 aromatic rings. The molecule has 0 aromatic carbocycles. The predicted molar refractivity (Wildman–Crippen MR) is 56.5 cm³/mol. The largest absolute Gasteiger partial charge is 0.331 e. The van der Waals surface area contributed by atoms with Crippen molar-refractivity contribution in [1.82, 2.24) is 10.3 Å². The van der Waals surface area contributed by atoms with Crippen molar-refractivity contribution in [3.8, 4) is 0 Å². The zero-order valence-corrected chi connectivity index (χ0v) is 9.12. The molecule has 14 heavy (non-hydrogen) atoms. The minimum absolute atomic E-state index is 0.176. The van der Waals surface area contributed by atoms with Crippen LogP contribution >= 0.6 is 0 Å². The van der Waals surface area contributed by atoms with Gasteiger partial charge in [-0.2, -0.15) is 0 Å². The number of amides is 2. The van der Waals surface area contributed by atoms with Crippen molar-refractivity contribution in [2.24, 2.45) is 11.8 Å². The molecule has 0 saturated heterocycles. The third-order valence-corrected chi connectivity index (χ3v) is 3.39. The zero-order chi connectivity index (χ0) is 10.6. The maximum absolute atomic E-state index is 11.3. The molecule has 0 radical (unpaired) electrons. The third-order valence-electron chi connectivity index (χ3n) is 3.39. The summed E-state index contributed by atoms with van der Waals surface area (Å²) in [5.41, 5.74) is 2.17. The maximum atomic E-state index is 11.3. The van der Waals surface area contributed by atoms with Crippen molar-refractivity contribution >= 4 is 6.03 Å². The Bertz CT molecular complexity index is 188. The number of nitrogens with one attached hydrogen (secondary N) is 1. The molecule has 1 saturated carbocycles. The molecule has 1 fully saturated rings. The van der Waals surface area contributed by atoms with Crippen LogP contribution in [0.2, 0.25) is 0 Å². The van der Waals surface area contributed by atoms with Gasteiger partial charge in [-0.25, -0.2) is 10.6 Å². The molecule has 3 N–H and O–H groups in total.